The van der Waals surface area contributed by atoms with E-state index in [-0.39, 0.29) is 11.3 Å². The van der Waals surface area contributed by atoms with E-state index in [0.717, 1.165) is 16.5 Å². The number of para-hydroxylation sites is 1. The number of anilines is 1. The quantitative estimate of drug-likeness (QED) is 0.182. The molecule has 3 N–H and O–H groups in total. The fourth-order valence-corrected chi connectivity index (χ4v) is 3.91. The molecular weight excluding hydrogens is 524 g/mol. The van der Waals surface area contributed by atoms with Gasteiger partial charge < -0.3 is 30.0 Å². The van der Waals surface area contributed by atoms with Crippen molar-refractivity contribution in [2.24, 2.45) is 0 Å². The van der Waals surface area contributed by atoms with Crippen molar-refractivity contribution < 1.29 is 33.7 Å². The van der Waals surface area contributed by atoms with Crippen LogP contribution in [0, 0.1) is 0 Å². The Morgan fingerprint density at radius 1 is 0.805 bits per heavy atom. The van der Waals surface area contributed by atoms with E-state index in [0.29, 0.717) is 36.6 Å². The van der Waals surface area contributed by atoms with E-state index in [9.17, 15) is 19.5 Å². The van der Waals surface area contributed by atoms with E-state index in [2.05, 4.69) is 10.6 Å². The van der Waals surface area contributed by atoms with Crippen LogP contribution in [0.25, 0.3) is 10.8 Å². The second kappa shape index (κ2) is 12.9. The molecule has 0 aliphatic carbocycles. The fourth-order valence-electron chi connectivity index (χ4n) is 3.91. The van der Waals surface area contributed by atoms with Crippen molar-refractivity contribution in [1.82, 2.24) is 5.32 Å². The predicted molar refractivity (Wildman–Crippen MR) is 156 cm³/mol. The lowest BCUT2D eigenvalue weighted by atomic mass is 10.1. The first-order valence-corrected chi connectivity index (χ1v) is 13.1. The van der Waals surface area contributed by atoms with Crippen LogP contribution in [0.2, 0.25) is 0 Å². The van der Waals surface area contributed by atoms with Crippen LogP contribution in [0.4, 0.5) is 10.5 Å². The van der Waals surface area contributed by atoms with Gasteiger partial charge >= 0.3 is 12.1 Å². The molecule has 0 saturated carbocycles. The first kappa shape index (κ1) is 28.9. The number of benzene rings is 4. The van der Waals surface area contributed by atoms with Crippen LogP contribution in [0.3, 0.4) is 0 Å². The number of fused-ring (bicyclic) bond motifs is 1. The van der Waals surface area contributed by atoms with Crippen molar-refractivity contribution in [3.8, 4) is 17.2 Å². The summed E-state index contributed by atoms with van der Waals surface area (Å²) in [6.07, 6.45) is 0.196. The molecule has 4 rings (SSSR count). The first-order chi connectivity index (χ1) is 19.6. The number of nitrogens with one attached hydrogen (secondary N) is 2. The van der Waals surface area contributed by atoms with Gasteiger partial charge in [-0.15, -0.1) is 0 Å². The van der Waals surface area contributed by atoms with Crippen molar-refractivity contribution in [2.75, 3.05) is 18.5 Å². The molecule has 0 spiro atoms. The maximum absolute atomic E-state index is 12.6. The minimum atomic E-state index is -1.12. The van der Waals surface area contributed by atoms with Crippen LogP contribution in [-0.2, 0) is 4.74 Å². The Labute approximate surface area is 238 Å². The van der Waals surface area contributed by atoms with E-state index in [1.54, 1.807) is 42.5 Å². The summed E-state index contributed by atoms with van der Waals surface area (Å²) in [6, 6.07) is 24.3. The van der Waals surface area contributed by atoms with Crippen LogP contribution in [0.5, 0.6) is 17.2 Å². The third-order valence-corrected chi connectivity index (χ3v) is 5.80. The zero-order valence-corrected chi connectivity index (χ0v) is 23.1. The van der Waals surface area contributed by atoms with Crippen LogP contribution in [0.15, 0.2) is 84.9 Å². The number of amides is 2. The number of hydrogen-bond donors (Lipinski definition) is 3. The lowest BCUT2D eigenvalue weighted by molar-refractivity contribution is 0.0524. The maximum atomic E-state index is 12.6. The summed E-state index contributed by atoms with van der Waals surface area (Å²) >= 11 is 0. The first-order valence-electron chi connectivity index (χ1n) is 13.1. The summed E-state index contributed by atoms with van der Waals surface area (Å²) in [5, 5.41) is 16.6. The van der Waals surface area contributed by atoms with Gasteiger partial charge in [0.15, 0.2) is 0 Å². The number of alkyl carbamates (subject to hydrolysis) is 1. The zero-order valence-electron chi connectivity index (χ0n) is 23.1. The lowest BCUT2D eigenvalue weighted by Crippen LogP contribution is -2.33. The standard InChI is InChI=1S/C32H32N2O7/c1-32(2,3)41-31(38)33-17-6-18-39-25-15-11-23-20-26(16-12-22(23)19-25)40-24-13-9-21(10-14-24)29(35)34-28-8-5-4-7-27(28)30(36)37/h4-5,7-16,19-20H,6,17-18H2,1-3H3,(H,33,38)(H,34,35)(H,36,37). The highest BCUT2D eigenvalue weighted by Crippen LogP contribution is 2.28. The molecule has 41 heavy (non-hydrogen) atoms. The Morgan fingerprint density at radius 3 is 2.12 bits per heavy atom. The van der Waals surface area contributed by atoms with Gasteiger partial charge in [-0.1, -0.05) is 24.3 Å². The Balaban J connectivity index is 1.29. The molecule has 0 unspecified atom stereocenters. The number of aromatic carboxylic acids is 1. The van der Waals surface area contributed by atoms with Crippen LogP contribution in [0.1, 0.15) is 47.9 Å². The van der Waals surface area contributed by atoms with E-state index in [1.165, 1.54) is 6.07 Å². The molecule has 0 radical (unpaired) electrons. The topological polar surface area (TPSA) is 123 Å². The third kappa shape index (κ3) is 8.47. The molecule has 4 aromatic carbocycles. The number of carboxylic acid groups (broad SMARTS) is 1. The fraction of sp³-hybridized carbons (Fsp3) is 0.219. The number of ether oxygens (including phenoxy) is 3. The van der Waals surface area contributed by atoms with E-state index >= 15 is 0 Å². The van der Waals surface area contributed by atoms with Crippen LogP contribution in [-0.4, -0.2) is 41.8 Å². The summed E-state index contributed by atoms with van der Waals surface area (Å²) in [7, 11) is 0. The van der Waals surface area contributed by atoms with Crippen molar-refractivity contribution in [2.45, 2.75) is 32.8 Å². The van der Waals surface area contributed by atoms with Crippen molar-refractivity contribution >= 4 is 34.4 Å². The largest absolute Gasteiger partial charge is 0.494 e. The van der Waals surface area contributed by atoms with Gasteiger partial charge in [-0.2, -0.15) is 0 Å². The average Bonchev–Trinajstić information content (AvgIpc) is 2.92. The second-order valence-electron chi connectivity index (χ2n) is 10.2. The van der Waals surface area contributed by atoms with E-state index < -0.39 is 23.6 Å². The third-order valence-electron chi connectivity index (χ3n) is 5.80. The maximum Gasteiger partial charge on any atom is 0.407 e. The molecule has 0 atom stereocenters. The van der Waals surface area contributed by atoms with E-state index in [4.69, 9.17) is 14.2 Å². The molecule has 9 nitrogen and oxygen atoms in total. The van der Waals surface area contributed by atoms with Gasteiger partial charge in [-0.25, -0.2) is 9.59 Å². The monoisotopic (exact) mass is 556 g/mol. The Hall–Kier alpha value is -5.05. The number of carboxylic acids is 1. The molecule has 9 heteroatoms. The normalized spacial score (nSPS) is 11.0. The Bertz CT molecular complexity index is 1540. The smallest absolute Gasteiger partial charge is 0.407 e. The Morgan fingerprint density at radius 2 is 1.44 bits per heavy atom. The summed E-state index contributed by atoms with van der Waals surface area (Å²) in [4.78, 5) is 35.7. The predicted octanol–water partition coefficient (Wildman–Crippen LogP) is 6.88. The molecule has 0 aliphatic heterocycles. The average molecular weight is 557 g/mol. The minimum Gasteiger partial charge on any atom is -0.494 e. The van der Waals surface area contributed by atoms with Gasteiger partial charge in [0.2, 0.25) is 0 Å². The summed E-state index contributed by atoms with van der Waals surface area (Å²) in [6.45, 7) is 6.35. The molecule has 0 aliphatic rings. The highest BCUT2D eigenvalue weighted by atomic mass is 16.6. The molecule has 212 valence electrons. The number of carbonyl (C=O) groups is 3. The van der Waals surface area contributed by atoms with Gasteiger partial charge in [-0.3, -0.25) is 4.79 Å². The SMILES string of the molecule is CC(C)(C)OC(=O)NCCCOc1ccc2cc(Oc3ccc(C(=O)Nc4ccccc4C(=O)O)cc3)ccc2c1. The highest BCUT2D eigenvalue weighted by Gasteiger charge is 2.15. The number of rotatable bonds is 10. The van der Waals surface area contributed by atoms with Gasteiger partial charge in [0.05, 0.1) is 17.9 Å². The van der Waals surface area contributed by atoms with Gasteiger partial charge in [0.25, 0.3) is 5.91 Å². The molecule has 0 aromatic heterocycles. The molecule has 0 heterocycles. The second-order valence-corrected chi connectivity index (χ2v) is 10.2. The van der Waals surface area contributed by atoms with Gasteiger partial charge in [0.1, 0.15) is 22.8 Å². The van der Waals surface area contributed by atoms with Gasteiger partial charge in [-0.05, 0) is 98.6 Å². The molecule has 2 amide bonds. The van der Waals surface area contributed by atoms with E-state index in [1.807, 2.05) is 57.2 Å². The molecular formula is C32H32N2O7. The lowest BCUT2D eigenvalue weighted by Gasteiger charge is -2.19. The van der Waals surface area contributed by atoms with Crippen molar-refractivity contribution in [1.29, 1.82) is 0 Å². The summed E-state index contributed by atoms with van der Waals surface area (Å²) < 4.78 is 17.0. The van der Waals surface area contributed by atoms with Crippen LogP contribution >= 0.6 is 0 Å². The number of carbonyl (C=O) groups excluding carboxylic acids is 2. The Kier molecular flexibility index (Phi) is 9.08. The highest BCUT2D eigenvalue weighted by molar-refractivity contribution is 6.07. The molecule has 4 aromatic rings. The van der Waals surface area contributed by atoms with Crippen LogP contribution < -0.4 is 20.1 Å². The van der Waals surface area contributed by atoms with Gasteiger partial charge in [0, 0.05) is 12.1 Å². The molecule has 0 fully saturated rings. The van der Waals surface area contributed by atoms with Crippen molar-refractivity contribution in [3.63, 3.8) is 0 Å². The minimum absolute atomic E-state index is 0.0170. The van der Waals surface area contributed by atoms with Crippen molar-refractivity contribution in [3.05, 3.63) is 96.1 Å². The molecule has 0 bridgehead atoms. The number of hydrogen-bond acceptors (Lipinski definition) is 6. The summed E-state index contributed by atoms with van der Waals surface area (Å²) in [5.41, 5.74) is 0.0803. The zero-order chi connectivity index (χ0) is 29.4. The summed E-state index contributed by atoms with van der Waals surface area (Å²) in [5.74, 6) is 0.365. The molecule has 0 saturated heterocycles.